The van der Waals surface area contributed by atoms with E-state index in [1.807, 2.05) is 0 Å². The molecule has 0 aliphatic rings. The molecule has 0 amide bonds. The van der Waals surface area contributed by atoms with Crippen molar-refractivity contribution >= 4 is 37.2 Å². The first-order valence-corrected chi connectivity index (χ1v) is 5.68. The van der Waals surface area contributed by atoms with Gasteiger partial charge in [0.25, 0.3) is 0 Å². The number of aldehydes is 1. The Hall–Kier alpha value is -0.544. The second-order valence-corrected chi connectivity index (χ2v) is 3.81. The second-order valence-electron chi connectivity index (χ2n) is 2.88. The van der Waals surface area contributed by atoms with Crippen LogP contribution in [0.1, 0.15) is 21.6 Å². The number of hydrogen-bond donors (Lipinski definition) is 3. The Morgan fingerprint density at radius 3 is 2.28 bits per heavy atom. The summed E-state index contributed by atoms with van der Waals surface area (Å²) >= 11 is 0. The molecule has 1 heterocycles. The molecule has 1 aromatic heterocycles. The molecule has 0 unspecified atom stereocenters. The summed E-state index contributed by atoms with van der Waals surface area (Å²) in [6.07, 6.45) is 1.88. The Kier molecular flexibility index (Phi) is 9.39. The van der Waals surface area contributed by atoms with Gasteiger partial charge in [0.1, 0.15) is 5.75 Å². The molecule has 0 saturated carbocycles. The SMILES string of the molecule is Cc1ncc(CO)c(C=O)c1O.O=P([O-])([O-])O.[Mg+2]. The fourth-order valence-corrected chi connectivity index (χ4v) is 0.910. The second kappa shape index (κ2) is 8.54. The monoisotopic (exact) mass is 287 g/mol. The van der Waals surface area contributed by atoms with Crippen LogP contribution in [0.5, 0.6) is 5.75 Å². The van der Waals surface area contributed by atoms with Gasteiger partial charge in [0.15, 0.2) is 6.29 Å². The maximum atomic E-state index is 10.5. The third-order valence-corrected chi connectivity index (χ3v) is 1.65. The molecule has 18 heavy (non-hydrogen) atoms. The fourth-order valence-electron chi connectivity index (χ4n) is 0.910. The van der Waals surface area contributed by atoms with Crippen LogP contribution in [0, 0.1) is 6.92 Å². The molecule has 0 aromatic carbocycles. The number of aliphatic hydroxyl groups excluding tert-OH is 1. The summed E-state index contributed by atoms with van der Waals surface area (Å²) in [6.45, 7) is 1.29. The number of pyridine rings is 1. The van der Waals surface area contributed by atoms with Gasteiger partial charge in [-0.05, 0) is 6.92 Å². The maximum absolute atomic E-state index is 10.5. The molecular weight excluding hydrogens is 277 g/mol. The van der Waals surface area contributed by atoms with Gasteiger partial charge >= 0.3 is 23.1 Å². The largest absolute Gasteiger partial charge is 2.00 e. The van der Waals surface area contributed by atoms with Crippen molar-refractivity contribution in [3.8, 4) is 5.75 Å². The van der Waals surface area contributed by atoms with E-state index in [9.17, 15) is 9.90 Å². The molecule has 0 fully saturated rings. The molecule has 0 radical (unpaired) electrons. The predicted octanol–water partition coefficient (Wildman–Crippen LogP) is -2.17. The Morgan fingerprint density at radius 1 is 1.50 bits per heavy atom. The first kappa shape index (κ1) is 19.8. The van der Waals surface area contributed by atoms with Crippen LogP contribution >= 0.6 is 7.82 Å². The summed E-state index contributed by atoms with van der Waals surface area (Å²) in [6, 6.07) is 0. The van der Waals surface area contributed by atoms with Gasteiger partial charge in [-0.15, -0.1) is 0 Å². The zero-order chi connectivity index (χ0) is 13.6. The van der Waals surface area contributed by atoms with Gasteiger partial charge in [-0.2, -0.15) is 0 Å². The van der Waals surface area contributed by atoms with Gasteiger partial charge in [-0.25, -0.2) is 0 Å². The van der Waals surface area contributed by atoms with Crippen LogP contribution in [-0.2, 0) is 11.2 Å². The van der Waals surface area contributed by atoms with Crippen molar-refractivity contribution in [2.45, 2.75) is 13.5 Å². The molecule has 8 nitrogen and oxygen atoms in total. The van der Waals surface area contributed by atoms with Gasteiger partial charge in [-0.1, -0.05) is 0 Å². The summed E-state index contributed by atoms with van der Waals surface area (Å²) in [4.78, 5) is 38.5. The molecule has 0 aliphatic carbocycles. The van der Waals surface area contributed by atoms with Gasteiger partial charge in [-0.3, -0.25) is 9.78 Å². The van der Waals surface area contributed by atoms with Crippen LogP contribution in [0.25, 0.3) is 0 Å². The number of hydrogen-bond acceptors (Lipinski definition) is 7. The van der Waals surface area contributed by atoms with Gasteiger partial charge in [0, 0.05) is 11.8 Å². The molecule has 0 saturated heterocycles. The van der Waals surface area contributed by atoms with E-state index >= 15 is 0 Å². The average molecular weight is 287 g/mol. The molecule has 10 heteroatoms. The molecular formula is C8H10MgNO7P. The van der Waals surface area contributed by atoms with E-state index in [-0.39, 0.29) is 41.0 Å². The Labute approximate surface area is 119 Å². The smallest absolute Gasteiger partial charge is 0.790 e. The van der Waals surface area contributed by atoms with E-state index in [2.05, 4.69) is 4.98 Å². The maximum Gasteiger partial charge on any atom is 2.00 e. The van der Waals surface area contributed by atoms with Crippen LogP contribution < -0.4 is 9.79 Å². The molecule has 1 rings (SSSR count). The van der Waals surface area contributed by atoms with Gasteiger partial charge < -0.3 is 29.5 Å². The molecule has 0 bridgehead atoms. The first-order chi connectivity index (χ1) is 7.70. The number of carbonyl (C=O) groups excluding carboxylic acids is 1. The Balaban J connectivity index is 0. The molecule has 96 valence electrons. The minimum Gasteiger partial charge on any atom is -0.790 e. The van der Waals surface area contributed by atoms with E-state index in [1.54, 1.807) is 6.92 Å². The van der Waals surface area contributed by atoms with E-state index in [0.717, 1.165) is 0 Å². The van der Waals surface area contributed by atoms with Gasteiger partial charge in [0.05, 0.1) is 25.7 Å². The zero-order valence-corrected chi connectivity index (χ0v) is 11.7. The number of aromatic hydroxyl groups is 1. The van der Waals surface area contributed by atoms with Crippen molar-refractivity contribution in [1.82, 2.24) is 4.98 Å². The number of rotatable bonds is 2. The number of aliphatic hydroxyl groups is 1. The number of nitrogens with zero attached hydrogens (tertiary/aromatic N) is 1. The number of carbonyl (C=O) groups is 1. The van der Waals surface area contributed by atoms with E-state index in [4.69, 9.17) is 24.4 Å². The van der Waals surface area contributed by atoms with Crippen LogP contribution in [-0.4, -0.2) is 49.4 Å². The molecule has 0 spiro atoms. The fraction of sp³-hybridized carbons (Fsp3) is 0.250. The number of aromatic nitrogens is 1. The van der Waals surface area contributed by atoms with E-state index in [0.29, 0.717) is 17.5 Å². The summed E-state index contributed by atoms with van der Waals surface area (Å²) in [5, 5.41) is 18.1. The van der Waals surface area contributed by atoms with Crippen LogP contribution in [0.2, 0.25) is 0 Å². The third-order valence-electron chi connectivity index (χ3n) is 1.65. The van der Waals surface area contributed by atoms with Gasteiger partial charge in [0.2, 0.25) is 0 Å². The quantitative estimate of drug-likeness (QED) is 0.315. The van der Waals surface area contributed by atoms with Crippen molar-refractivity contribution in [1.29, 1.82) is 0 Å². The Bertz CT molecular complexity index is 439. The molecule has 3 N–H and O–H groups in total. The molecule has 0 atom stereocenters. The van der Waals surface area contributed by atoms with Crippen LogP contribution in [0.4, 0.5) is 0 Å². The third kappa shape index (κ3) is 7.72. The normalized spacial score (nSPS) is 9.83. The van der Waals surface area contributed by atoms with E-state index in [1.165, 1.54) is 6.20 Å². The summed E-state index contributed by atoms with van der Waals surface area (Å²) in [5.74, 6) is -0.156. The molecule has 0 aliphatic heterocycles. The van der Waals surface area contributed by atoms with Crippen LogP contribution in [0.3, 0.4) is 0 Å². The van der Waals surface area contributed by atoms with E-state index < -0.39 is 7.82 Å². The van der Waals surface area contributed by atoms with Crippen molar-refractivity contribution in [2.75, 3.05) is 0 Å². The van der Waals surface area contributed by atoms with Crippen molar-refractivity contribution < 1.29 is 34.3 Å². The summed E-state index contributed by atoms with van der Waals surface area (Å²) < 4.78 is 8.66. The topological polar surface area (TPSA) is 154 Å². The molecule has 1 aromatic rings. The first-order valence-electron chi connectivity index (χ1n) is 4.19. The summed E-state index contributed by atoms with van der Waals surface area (Å²) in [5.41, 5.74) is 0.840. The van der Waals surface area contributed by atoms with Crippen molar-refractivity contribution in [2.24, 2.45) is 0 Å². The predicted molar refractivity (Wildman–Crippen MR) is 57.5 cm³/mol. The Morgan fingerprint density at radius 2 is 1.94 bits per heavy atom. The number of aryl methyl sites for hydroxylation is 1. The minimum absolute atomic E-state index is 0. The average Bonchev–Trinajstić information content (AvgIpc) is 2.19. The number of phosphoric acid groups is 1. The minimum atomic E-state index is -5.14. The van der Waals surface area contributed by atoms with Crippen LogP contribution in [0.15, 0.2) is 6.20 Å². The van der Waals surface area contributed by atoms with Crippen molar-refractivity contribution in [3.05, 3.63) is 23.0 Å². The summed E-state index contributed by atoms with van der Waals surface area (Å²) in [7, 11) is -5.14. The van der Waals surface area contributed by atoms with Crippen molar-refractivity contribution in [3.63, 3.8) is 0 Å². The standard InChI is InChI=1S/C8H9NO3.Mg.H3O4P/c1-5-8(12)7(4-11)6(3-10)2-9-5;;1-5(2,3)4/h2,4,10,12H,3H2,1H3;;(H3,1,2,3,4)/q;+2;/p-2. The zero-order valence-electron chi connectivity index (χ0n) is 9.44.